The average molecular weight is 289 g/mol. The van der Waals surface area contributed by atoms with E-state index in [9.17, 15) is 0 Å². The van der Waals surface area contributed by atoms with Crippen LogP contribution >= 0.6 is 0 Å². The monoisotopic (exact) mass is 289 g/mol. The fourth-order valence-electron chi connectivity index (χ4n) is 2.58. The first kappa shape index (κ1) is 15.8. The molecule has 2 unspecified atom stereocenters. The third kappa shape index (κ3) is 4.75. The molecule has 21 heavy (non-hydrogen) atoms. The molecule has 1 N–H and O–H groups in total. The fraction of sp³-hybridized carbons (Fsp3) is 0.529. The van der Waals surface area contributed by atoms with Crippen LogP contribution < -0.4 is 4.74 Å². The van der Waals surface area contributed by atoms with Crippen molar-refractivity contribution in [3.63, 3.8) is 0 Å². The van der Waals surface area contributed by atoms with Crippen LogP contribution in [0.5, 0.6) is 5.75 Å². The Morgan fingerprint density at radius 3 is 3.05 bits per heavy atom. The number of rotatable bonds is 5. The maximum absolute atomic E-state index is 8.70. The maximum Gasteiger partial charge on any atom is 0.120 e. The summed E-state index contributed by atoms with van der Waals surface area (Å²) in [6.07, 6.45) is 1.39. The van der Waals surface area contributed by atoms with Gasteiger partial charge < -0.3 is 14.6 Å². The SMILES string of the molecule is CC1OCCC1N(C)CCOc1cccc(C#CCO)c1. The number of ether oxygens (including phenoxy) is 2. The fourth-order valence-corrected chi connectivity index (χ4v) is 2.58. The summed E-state index contributed by atoms with van der Waals surface area (Å²) < 4.78 is 11.4. The number of hydrogen-bond acceptors (Lipinski definition) is 4. The first-order valence-electron chi connectivity index (χ1n) is 7.35. The van der Waals surface area contributed by atoms with Gasteiger partial charge >= 0.3 is 0 Å². The van der Waals surface area contributed by atoms with Crippen molar-refractivity contribution in [2.24, 2.45) is 0 Å². The molecule has 1 fully saturated rings. The molecule has 0 aromatic heterocycles. The average Bonchev–Trinajstić information content (AvgIpc) is 2.92. The number of aliphatic hydroxyl groups is 1. The predicted octanol–water partition coefficient (Wildman–Crippen LogP) is 1.52. The summed E-state index contributed by atoms with van der Waals surface area (Å²) in [6, 6.07) is 8.11. The summed E-state index contributed by atoms with van der Waals surface area (Å²) in [4.78, 5) is 2.30. The largest absolute Gasteiger partial charge is 0.492 e. The summed E-state index contributed by atoms with van der Waals surface area (Å²) in [7, 11) is 2.11. The van der Waals surface area contributed by atoms with Gasteiger partial charge in [0.2, 0.25) is 0 Å². The van der Waals surface area contributed by atoms with Gasteiger partial charge in [0, 0.05) is 24.8 Å². The highest BCUT2D eigenvalue weighted by molar-refractivity contribution is 5.39. The zero-order chi connectivity index (χ0) is 15.1. The Kier molecular flexibility index (Phi) is 6.06. The van der Waals surface area contributed by atoms with Crippen molar-refractivity contribution < 1.29 is 14.6 Å². The van der Waals surface area contributed by atoms with Gasteiger partial charge in [-0.25, -0.2) is 0 Å². The molecule has 1 aromatic carbocycles. The van der Waals surface area contributed by atoms with Gasteiger partial charge in [0.1, 0.15) is 19.0 Å². The standard InChI is InChI=1S/C17H23NO3/c1-14-17(8-11-20-14)18(2)9-12-21-16-7-3-5-15(13-16)6-4-10-19/h3,5,7,13-14,17,19H,8-12H2,1-2H3. The Hall–Kier alpha value is -1.54. The smallest absolute Gasteiger partial charge is 0.120 e. The first-order valence-corrected chi connectivity index (χ1v) is 7.35. The number of nitrogens with zero attached hydrogens (tertiary/aromatic N) is 1. The molecule has 1 heterocycles. The van der Waals surface area contributed by atoms with Gasteiger partial charge in [-0.2, -0.15) is 0 Å². The Morgan fingerprint density at radius 1 is 1.48 bits per heavy atom. The number of likely N-dealkylation sites (N-methyl/N-ethyl adjacent to an activating group) is 1. The lowest BCUT2D eigenvalue weighted by atomic mass is 10.1. The molecule has 1 saturated heterocycles. The topological polar surface area (TPSA) is 41.9 Å². The molecule has 114 valence electrons. The van der Waals surface area contributed by atoms with Gasteiger partial charge in [0.15, 0.2) is 0 Å². The van der Waals surface area contributed by atoms with Crippen molar-refractivity contribution in [1.82, 2.24) is 4.90 Å². The second-order valence-electron chi connectivity index (χ2n) is 5.25. The van der Waals surface area contributed by atoms with Crippen LogP contribution in [0.2, 0.25) is 0 Å². The summed E-state index contributed by atoms with van der Waals surface area (Å²) >= 11 is 0. The second kappa shape index (κ2) is 8.04. The molecule has 1 aliphatic heterocycles. The summed E-state index contributed by atoms with van der Waals surface area (Å²) in [6.45, 7) is 4.35. The molecular weight excluding hydrogens is 266 g/mol. The van der Waals surface area contributed by atoms with E-state index in [-0.39, 0.29) is 6.61 Å². The molecule has 0 radical (unpaired) electrons. The third-order valence-electron chi connectivity index (χ3n) is 3.76. The van der Waals surface area contributed by atoms with E-state index in [0.29, 0.717) is 18.8 Å². The van der Waals surface area contributed by atoms with Crippen molar-refractivity contribution in [3.05, 3.63) is 29.8 Å². The minimum atomic E-state index is -0.127. The van der Waals surface area contributed by atoms with Crippen molar-refractivity contribution in [2.75, 3.05) is 33.4 Å². The predicted molar refractivity (Wildman–Crippen MR) is 82.3 cm³/mol. The number of hydrogen-bond donors (Lipinski definition) is 1. The maximum atomic E-state index is 8.70. The highest BCUT2D eigenvalue weighted by atomic mass is 16.5. The van der Waals surface area contributed by atoms with Crippen LogP contribution in [-0.2, 0) is 4.74 Å². The van der Waals surface area contributed by atoms with Gasteiger partial charge in [-0.1, -0.05) is 17.9 Å². The van der Waals surface area contributed by atoms with Crippen LogP contribution in [-0.4, -0.2) is 55.6 Å². The van der Waals surface area contributed by atoms with E-state index in [1.54, 1.807) is 0 Å². The Balaban J connectivity index is 1.80. The zero-order valence-corrected chi connectivity index (χ0v) is 12.7. The summed E-state index contributed by atoms with van der Waals surface area (Å²) in [5, 5.41) is 8.70. The van der Waals surface area contributed by atoms with E-state index in [2.05, 4.69) is 30.7 Å². The van der Waals surface area contributed by atoms with Crippen LogP contribution in [0.1, 0.15) is 18.9 Å². The van der Waals surface area contributed by atoms with Crippen LogP contribution in [0, 0.1) is 11.8 Å². The molecule has 1 aromatic rings. The van der Waals surface area contributed by atoms with Crippen molar-refractivity contribution in [2.45, 2.75) is 25.5 Å². The Labute approximate surface area is 126 Å². The van der Waals surface area contributed by atoms with Gasteiger partial charge in [-0.15, -0.1) is 0 Å². The van der Waals surface area contributed by atoms with E-state index >= 15 is 0 Å². The highest BCUT2D eigenvalue weighted by Crippen LogP contribution is 2.18. The van der Waals surface area contributed by atoms with Crippen molar-refractivity contribution >= 4 is 0 Å². The van der Waals surface area contributed by atoms with E-state index < -0.39 is 0 Å². The van der Waals surface area contributed by atoms with Crippen LogP contribution in [0.25, 0.3) is 0 Å². The molecule has 4 heteroatoms. The van der Waals surface area contributed by atoms with E-state index in [1.807, 2.05) is 24.3 Å². The molecule has 0 saturated carbocycles. The zero-order valence-electron chi connectivity index (χ0n) is 12.7. The quantitative estimate of drug-likeness (QED) is 0.835. The molecule has 0 bridgehead atoms. The van der Waals surface area contributed by atoms with Crippen molar-refractivity contribution in [1.29, 1.82) is 0 Å². The van der Waals surface area contributed by atoms with Crippen molar-refractivity contribution in [3.8, 4) is 17.6 Å². The summed E-state index contributed by atoms with van der Waals surface area (Å²) in [5.41, 5.74) is 0.854. The molecule has 1 aliphatic rings. The Morgan fingerprint density at radius 2 is 2.33 bits per heavy atom. The minimum Gasteiger partial charge on any atom is -0.492 e. The lowest BCUT2D eigenvalue weighted by molar-refractivity contribution is 0.0787. The molecule has 2 atom stereocenters. The lowest BCUT2D eigenvalue weighted by Gasteiger charge is -2.26. The molecule has 0 aliphatic carbocycles. The number of aliphatic hydroxyl groups excluding tert-OH is 1. The Bertz CT molecular complexity index is 506. The summed E-state index contributed by atoms with van der Waals surface area (Å²) in [5.74, 6) is 6.32. The minimum absolute atomic E-state index is 0.127. The number of benzene rings is 1. The van der Waals surface area contributed by atoms with E-state index in [4.69, 9.17) is 14.6 Å². The van der Waals surface area contributed by atoms with Gasteiger partial charge in [0.05, 0.1) is 6.10 Å². The molecule has 2 rings (SSSR count). The molecule has 4 nitrogen and oxygen atoms in total. The molecule has 0 amide bonds. The van der Waals surface area contributed by atoms with E-state index in [0.717, 1.165) is 30.9 Å². The third-order valence-corrected chi connectivity index (χ3v) is 3.76. The van der Waals surface area contributed by atoms with Crippen LogP contribution in [0.3, 0.4) is 0 Å². The van der Waals surface area contributed by atoms with Gasteiger partial charge in [0.25, 0.3) is 0 Å². The van der Waals surface area contributed by atoms with Crippen LogP contribution in [0.4, 0.5) is 0 Å². The lowest BCUT2D eigenvalue weighted by Crippen LogP contribution is -2.39. The highest BCUT2D eigenvalue weighted by Gasteiger charge is 2.27. The van der Waals surface area contributed by atoms with E-state index in [1.165, 1.54) is 0 Å². The second-order valence-corrected chi connectivity index (χ2v) is 5.25. The van der Waals surface area contributed by atoms with Crippen LogP contribution in [0.15, 0.2) is 24.3 Å². The van der Waals surface area contributed by atoms with Gasteiger partial charge in [-0.05, 0) is 38.6 Å². The van der Waals surface area contributed by atoms with Gasteiger partial charge in [-0.3, -0.25) is 4.90 Å². The molecular formula is C17H23NO3. The normalized spacial score (nSPS) is 21.1. The molecule has 0 spiro atoms. The first-order chi connectivity index (χ1) is 10.2.